The van der Waals surface area contributed by atoms with Crippen LogP contribution in [0.5, 0.6) is 5.75 Å². The van der Waals surface area contributed by atoms with Crippen molar-refractivity contribution in [1.29, 1.82) is 0 Å². The van der Waals surface area contributed by atoms with Crippen LogP contribution in [0.2, 0.25) is 0 Å². The molecule has 4 aromatic rings. The van der Waals surface area contributed by atoms with Crippen molar-refractivity contribution in [1.82, 2.24) is 0 Å². The predicted octanol–water partition coefficient (Wildman–Crippen LogP) is 5.80. The summed E-state index contributed by atoms with van der Waals surface area (Å²) in [6.07, 6.45) is 0.716. The quantitative estimate of drug-likeness (QED) is 0.507. The van der Waals surface area contributed by atoms with Crippen LogP contribution in [-0.2, 0) is 6.42 Å². The second-order valence-electron chi connectivity index (χ2n) is 5.99. The molecule has 4 aromatic carbocycles. The average Bonchev–Trinajstić information content (AvgIpc) is 2.64. The molecule has 0 spiro atoms. The van der Waals surface area contributed by atoms with E-state index in [4.69, 9.17) is 0 Å². The van der Waals surface area contributed by atoms with Crippen LogP contribution < -0.4 is 0 Å². The summed E-state index contributed by atoms with van der Waals surface area (Å²) in [6, 6.07) is 30.7. The van der Waals surface area contributed by atoms with Gasteiger partial charge in [-0.1, -0.05) is 91.0 Å². The Labute approximate surface area is 141 Å². The molecule has 24 heavy (non-hydrogen) atoms. The van der Waals surface area contributed by atoms with E-state index in [-0.39, 0.29) is 0 Å². The smallest absolute Gasteiger partial charge is 0.126 e. The zero-order valence-corrected chi connectivity index (χ0v) is 13.3. The molecule has 116 valence electrons. The Morgan fingerprint density at radius 1 is 0.583 bits per heavy atom. The molecule has 0 fully saturated rings. The topological polar surface area (TPSA) is 20.2 Å². The van der Waals surface area contributed by atoms with Gasteiger partial charge in [0, 0.05) is 12.0 Å². The molecule has 0 amide bonds. The molecule has 0 saturated carbocycles. The number of hydrogen-bond donors (Lipinski definition) is 1. The molecule has 1 heteroatoms. The Bertz CT molecular complexity index is 982. The van der Waals surface area contributed by atoms with Crippen LogP contribution >= 0.6 is 0 Å². The summed E-state index contributed by atoms with van der Waals surface area (Å²) in [5, 5.41) is 13.2. The summed E-state index contributed by atoms with van der Waals surface area (Å²) in [5.41, 5.74) is 4.10. The fourth-order valence-corrected chi connectivity index (χ4v) is 3.24. The normalized spacial score (nSPS) is 10.8. The zero-order chi connectivity index (χ0) is 16.4. The third-order valence-corrected chi connectivity index (χ3v) is 4.47. The lowest BCUT2D eigenvalue weighted by Gasteiger charge is -2.12. The van der Waals surface area contributed by atoms with Gasteiger partial charge in [0.25, 0.3) is 0 Å². The molecule has 0 atom stereocenters. The van der Waals surface area contributed by atoms with Crippen LogP contribution in [0.1, 0.15) is 11.1 Å². The van der Waals surface area contributed by atoms with Crippen molar-refractivity contribution in [2.45, 2.75) is 6.42 Å². The first-order chi connectivity index (χ1) is 11.8. The van der Waals surface area contributed by atoms with Crippen molar-refractivity contribution in [2.75, 3.05) is 0 Å². The van der Waals surface area contributed by atoms with Gasteiger partial charge in [-0.2, -0.15) is 0 Å². The number of phenols is 1. The highest BCUT2D eigenvalue weighted by atomic mass is 16.3. The summed E-state index contributed by atoms with van der Waals surface area (Å²) >= 11 is 0. The van der Waals surface area contributed by atoms with Crippen molar-refractivity contribution in [3.8, 4) is 16.9 Å². The molecule has 0 bridgehead atoms. The first-order valence-corrected chi connectivity index (χ1v) is 8.16. The summed E-state index contributed by atoms with van der Waals surface area (Å²) < 4.78 is 0. The molecule has 0 heterocycles. The minimum Gasteiger partial charge on any atom is -0.507 e. The SMILES string of the molecule is Oc1c(Cc2cccc3ccccc23)cccc1-c1ccccc1. The van der Waals surface area contributed by atoms with Gasteiger partial charge in [0.1, 0.15) is 5.75 Å². The number of rotatable bonds is 3. The lowest BCUT2D eigenvalue weighted by Crippen LogP contribution is -1.92. The molecule has 0 aliphatic heterocycles. The van der Waals surface area contributed by atoms with E-state index in [1.165, 1.54) is 16.3 Å². The number of benzene rings is 4. The fraction of sp³-hybridized carbons (Fsp3) is 0.0435. The first-order valence-electron chi connectivity index (χ1n) is 8.16. The Morgan fingerprint density at radius 2 is 1.25 bits per heavy atom. The van der Waals surface area contributed by atoms with Crippen LogP contribution in [0.3, 0.4) is 0 Å². The van der Waals surface area contributed by atoms with Gasteiger partial charge < -0.3 is 5.11 Å². The number of aromatic hydroxyl groups is 1. The van der Waals surface area contributed by atoms with E-state index < -0.39 is 0 Å². The number of phenolic OH excluding ortho intramolecular Hbond substituents is 1. The van der Waals surface area contributed by atoms with Gasteiger partial charge in [-0.3, -0.25) is 0 Å². The Kier molecular flexibility index (Phi) is 3.76. The molecule has 0 unspecified atom stereocenters. The van der Waals surface area contributed by atoms with Crippen molar-refractivity contribution < 1.29 is 5.11 Å². The highest BCUT2D eigenvalue weighted by Gasteiger charge is 2.10. The van der Waals surface area contributed by atoms with E-state index in [0.29, 0.717) is 12.2 Å². The lowest BCUT2D eigenvalue weighted by molar-refractivity contribution is 0.471. The Hall–Kier alpha value is -3.06. The minimum absolute atomic E-state index is 0.372. The van der Waals surface area contributed by atoms with Crippen molar-refractivity contribution in [2.24, 2.45) is 0 Å². The molecule has 0 aliphatic carbocycles. The summed E-state index contributed by atoms with van der Waals surface area (Å²) in [6.45, 7) is 0. The number of hydrogen-bond acceptors (Lipinski definition) is 1. The van der Waals surface area contributed by atoms with E-state index in [2.05, 4.69) is 42.5 Å². The maximum Gasteiger partial charge on any atom is 0.126 e. The van der Waals surface area contributed by atoms with E-state index in [9.17, 15) is 5.11 Å². The van der Waals surface area contributed by atoms with Gasteiger partial charge >= 0.3 is 0 Å². The minimum atomic E-state index is 0.372. The predicted molar refractivity (Wildman–Crippen MR) is 100 cm³/mol. The van der Waals surface area contributed by atoms with Gasteiger partial charge in [-0.15, -0.1) is 0 Å². The van der Waals surface area contributed by atoms with Crippen molar-refractivity contribution in [3.05, 3.63) is 102 Å². The Morgan fingerprint density at radius 3 is 2.12 bits per heavy atom. The average molecular weight is 310 g/mol. The maximum atomic E-state index is 10.8. The van der Waals surface area contributed by atoms with Gasteiger partial charge in [0.15, 0.2) is 0 Å². The molecule has 0 radical (unpaired) electrons. The van der Waals surface area contributed by atoms with E-state index >= 15 is 0 Å². The third kappa shape index (κ3) is 2.65. The van der Waals surface area contributed by atoms with Crippen LogP contribution in [0.15, 0.2) is 91.0 Å². The molecule has 0 aliphatic rings. The third-order valence-electron chi connectivity index (χ3n) is 4.47. The van der Waals surface area contributed by atoms with E-state index in [1.807, 2.05) is 48.5 Å². The van der Waals surface area contributed by atoms with E-state index in [0.717, 1.165) is 16.7 Å². The van der Waals surface area contributed by atoms with E-state index in [1.54, 1.807) is 0 Å². The maximum absolute atomic E-state index is 10.8. The van der Waals surface area contributed by atoms with Crippen LogP contribution in [0, 0.1) is 0 Å². The highest BCUT2D eigenvalue weighted by molar-refractivity contribution is 5.86. The largest absolute Gasteiger partial charge is 0.507 e. The molecule has 1 N–H and O–H groups in total. The zero-order valence-electron chi connectivity index (χ0n) is 13.3. The summed E-state index contributed by atoms with van der Waals surface area (Å²) in [4.78, 5) is 0. The Balaban J connectivity index is 1.78. The second kappa shape index (κ2) is 6.21. The molecular formula is C23H18O. The van der Waals surface area contributed by atoms with Gasteiger partial charge in [-0.25, -0.2) is 0 Å². The van der Waals surface area contributed by atoms with Crippen LogP contribution in [0.25, 0.3) is 21.9 Å². The standard InChI is InChI=1S/C23H18O/c24-23-20(13-7-15-22(23)18-8-2-1-3-9-18)16-19-12-6-11-17-10-4-5-14-21(17)19/h1-15,24H,16H2. The first kappa shape index (κ1) is 14.5. The lowest BCUT2D eigenvalue weighted by atomic mass is 9.95. The number of fused-ring (bicyclic) bond motifs is 1. The molecule has 1 nitrogen and oxygen atoms in total. The highest BCUT2D eigenvalue weighted by Crippen LogP contribution is 2.34. The fourth-order valence-electron chi connectivity index (χ4n) is 3.24. The van der Waals surface area contributed by atoms with Gasteiger partial charge in [-0.05, 0) is 27.5 Å². The van der Waals surface area contributed by atoms with Gasteiger partial charge in [0.2, 0.25) is 0 Å². The molecule has 0 saturated heterocycles. The number of para-hydroxylation sites is 1. The van der Waals surface area contributed by atoms with Crippen LogP contribution in [0.4, 0.5) is 0 Å². The molecule has 4 rings (SSSR count). The van der Waals surface area contributed by atoms with Crippen LogP contribution in [-0.4, -0.2) is 5.11 Å². The second-order valence-corrected chi connectivity index (χ2v) is 5.99. The van der Waals surface area contributed by atoms with Crippen molar-refractivity contribution >= 4 is 10.8 Å². The van der Waals surface area contributed by atoms with Crippen molar-refractivity contribution in [3.63, 3.8) is 0 Å². The summed E-state index contributed by atoms with van der Waals surface area (Å²) in [5.74, 6) is 0.372. The molecule has 0 aromatic heterocycles. The van der Waals surface area contributed by atoms with Gasteiger partial charge in [0.05, 0.1) is 0 Å². The molecular weight excluding hydrogens is 292 g/mol. The monoisotopic (exact) mass is 310 g/mol. The summed E-state index contributed by atoms with van der Waals surface area (Å²) in [7, 11) is 0.